The van der Waals surface area contributed by atoms with Crippen molar-refractivity contribution in [2.24, 2.45) is 7.05 Å². The van der Waals surface area contributed by atoms with Crippen LogP contribution in [0.25, 0.3) is 0 Å². The molecule has 1 fully saturated rings. The minimum absolute atomic E-state index is 0.0933. The summed E-state index contributed by atoms with van der Waals surface area (Å²) in [7, 11) is 1.77. The average Bonchev–Trinajstić information content (AvgIpc) is 2.95. The summed E-state index contributed by atoms with van der Waals surface area (Å²) in [6.45, 7) is 1.35. The Morgan fingerprint density at radius 3 is 2.82 bits per heavy atom. The fourth-order valence-electron chi connectivity index (χ4n) is 2.65. The Kier molecular flexibility index (Phi) is 4.04. The molecule has 22 heavy (non-hydrogen) atoms. The fraction of sp³-hybridized carbons (Fsp3) is 0.400. The number of carbonyl (C=O) groups excluding carboxylic acids is 1. The molecule has 0 bridgehead atoms. The van der Waals surface area contributed by atoms with Gasteiger partial charge in [-0.15, -0.1) is 0 Å². The zero-order valence-corrected chi connectivity index (χ0v) is 12.4. The van der Waals surface area contributed by atoms with Gasteiger partial charge in [0.25, 0.3) is 5.91 Å². The average molecular weight is 303 g/mol. The van der Waals surface area contributed by atoms with Gasteiger partial charge in [0.05, 0.1) is 11.8 Å². The first-order valence-corrected chi connectivity index (χ1v) is 7.28. The first-order valence-electron chi connectivity index (χ1n) is 7.28. The zero-order chi connectivity index (χ0) is 15.5. The maximum atomic E-state index is 13.7. The van der Waals surface area contributed by atoms with Gasteiger partial charge in [0, 0.05) is 38.6 Å². The van der Waals surface area contributed by atoms with Crippen molar-refractivity contribution in [3.63, 3.8) is 0 Å². The molecule has 6 nitrogen and oxygen atoms in total. The van der Waals surface area contributed by atoms with E-state index in [-0.39, 0.29) is 17.8 Å². The van der Waals surface area contributed by atoms with Crippen molar-refractivity contribution in [3.8, 4) is 0 Å². The number of halogens is 1. The molecule has 0 aliphatic carbocycles. The molecular formula is C15H18FN5O. The quantitative estimate of drug-likeness (QED) is 0.930. The number of rotatable bonds is 3. The van der Waals surface area contributed by atoms with Gasteiger partial charge in [-0.25, -0.2) is 9.37 Å². The van der Waals surface area contributed by atoms with Crippen LogP contribution in [0.2, 0.25) is 0 Å². The van der Waals surface area contributed by atoms with E-state index in [2.05, 4.69) is 15.4 Å². The van der Waals surface area contributed by atoms with Crippen LogP contribution >= 0.6 is 0 Å². The van der Waals surface area contributed by atoms with Crippen molar-refractivity contribution >= 4 is 11.7 Å². The highest BCUT2D eigenvalue weighted by atomic mass is 19.1. The van der Waals surface area contributed by atoms with Crippen molar-refractivity contribution in [3.05, 3.63) is 42.1 Å². The van der Waals surface area contributed by atoms with E-state index in [9.17, 15) is 9.18 Å². The van der Waals surface area contributed by atoms with Crippen LogP contribution in [0.4, 0.5) is 10.2 Å². The highest BCUT2D eigenvalue weighted by Gasteiger charge is 2.23. The molecule has 0 radical (unpaired) electrons. The maximum absolute atomic E-state index is 13.7. The highest BCUT2D eigenvalue weighted by molar-refractivity contribution is 5.93. The molecule has 1 aliphatic rings. The molecular weight excluding hydrogens is 285 g/mol. The summed E-state index contributed by atoms with van der Waals surface area (Å²) < 4.78 is 15.3. The second-order valence-corrected chi connectivity index (χ2v) is 5.45. The van der Waals surface area contributed by atoms with Gasteiger partial charge in [-0.1, -0.05) is 0 Å². The zero-order valence-electron chi connectivity index (χ0n) is 12.4. The van der Waals surface area contributed by atoms with Crippen molar-refractivity contribution in [2.45, 2.75) is 18.9 Å². The van der Waals surface area contributed by atoms with Gasteiger partial charge in [0.1, 0.15) is 0 Å². The van der Waals surface area contributed by atoms with Gasteiger partial charge >= 0.3 is 0 Å². The van der Waals surface area contributed by atoms with Crippen molar-refractivity contribution < 1.29 is 9.18 Å². The van der Waals surface area contributed by atoms with Crippen molar-refractivity contribution in [1.82, 2.24) is 20.1 Å². The Labute approximate surface area is 128 Å². The predicted molar refractivity (Wildman–Crippen MR) is 80.1 cm³/mol. The summed E-state index contributed by atoms with van der Waals surface area (Å²) in [5, 5.41) is 6.99. The summed E-state index contributed by atoms with van der Waals surface area (Å²) in [5.41, 5.74) is 0.556. The molecule has 116 valence electrons. The minimum Gasteiger partial charge on any atom is -0.354 e. The van der Waals surface area contributed by atoms with Gasteiger partial charge in [-0.05, 0) is 25.0 Å². The molecule has 1 N–H and O–H groups in total. The third-order valence-corrected chi connectivity index (χ3v) is 3.84. The molecule has 1 aliphatic heterocycles. The normalized spacial score (nSPS) is 15.8. The Morgan fingerprint density at radius 1 is 1.41 bits per heavy atom. The molecule has 1 saturated heterocycles. The third-order valence-electron chi connectivity index (χ3n) is 3.84. The van der Waals surface area contributed by atoms with Crippen LogP contribution in [-0.2, 0) is 7.05 Å². The van der Waals surface area contributed by atoms with E-state index in [4.69, 9.17) is 0 Å². The van der Waals surface area contributed by atoms with Gasteiger partial charge < -0.3 is 10.2 Å². The summed E-state index contributed by atoms with van der Waals surface area (Å²) in [5.74, 6) is -0.0320. The number of aromatic nitrogens is 3. The first-order chi connectivity index (χ1) is 10.6. The van der Waals surface area contributed by atoms with E-state index in [1.165, 1.54) is 6.07 Å². The molecule has 2 aromatic rings. The van der Waals surface area contributed by atoms with E-state index < -0.39 is 0 Å². The molecule has 0 unspecified atom stereocenters. The molecule has 0 atom stereocenters. The standard InChI is InChI=1S/C15H18FN5O/c1-20-10-11(9-18-20)15(22)19-12-4-7-21(8-5-12)14-13(16)3-2-6-17-14/h2-3,6,9-10,12H,4-5,7-8H2,1H3,(H,19,22). The molecule has 3 heterocycles. The lowest BCUT2D eigenvalue weighted by Gasteiger charge is -2.33. The SMILES string of the molecule is Cn1cc(C(=O)NC2CCN(c3ncccc3F)CC2)cn1. The number of hydrogen-bond donors (Lipinski definition) is 1. The van der Waals surface area contributed by atoms with E-state index in [1.807, 2.05) is 4.90 Å². The monoisotopic (exact) mass is 303 g/mol. The number of piperidine rings is 1. The third kappa shape index (κ3) is 3.08. The lowest BCUT2D eigenvalue weighted by molar-refractivity contribution is 0.0931. The number of nitrogens with one attached hydrogen (secondary N) is 1. The van der Waals surface area contributed by atoms with Gasteiger partial charge in [-0.2, -0.15) is 5.10 Å². The molecule has 0 aromatic carbocycles. The van der Waals surface area contributed by atoms with Crippen LogP contribution in [0.5, 0.6) is 0 Å². The van der Waals surface area contributed by atoms with Crippen LogP contribution in [0, 0.1) is 5.82 Å². The number of carbonyl (C=O) groups is 1. The molecule has 0 saturated carbocycles. The predicted octanol–water partition coefficient (Wildman–Crippen LogP) is 1.35. The Balaban J connectivity index is 1.56. The lowest BCUT2D eigenvalue weighted by atomic mass is 10.0. The van der Waals surface area contributed by atoms with Gasteiger partial charge in [-0.3, -0.25) is 9.48 Å². The number of hydrogen-bond acceptors (Lipinski definition) is 4. The number of nitrogens with zero attached hydrogens (tertiary/aromatic N) is 4. The highest BCUT2D eigenvalue weighted by Crippen LogP contribution is 2.20. The van der Waals surface area contributed by atoms with Crippen molar-refractivity contribution in [1.29, 1.82) is 0 Å². The van der Waals surface area contributed by atoms with E-state index in [0.717, 1.165) is 12.8 Å². The topological polar surface area (TPSA) is 63.1 Å². The van der Waals surface area contributed by atoms with E-state index in [1.54, 1.807) is 36.4 Å². The van der Waals surface area contributed by atoms with Crippen molar-refractivity contribution in [2.75, 3.05) is 18.0 Å². The Morgan fingerprint density at radius 2 is 2.18 bits per heavy atom. The Hall–Kier alpha value is -2.44. The first kappa shape index (κ1) is 14.5. The largest absolute Gasteiger partial charge is 0.354 e. The molecule has 1 amide bonds. The van der Waals surface area contributed by atoms with E-state index in [0.29, 0.717) is 24.5 Å². The number of amides is 1. The molecule has 2 aromatic heterocycles. The second-order valence-electron chi connectivity index (χ2n) is 5.45. The summed E-state index contributed by atoms with van der Waals surface area (Å²) >= 11 is 0. The van der Waals surface area contributed by atoms with Crippen LogP contribution in [0.1, 0.15) is 23.2 Å². The van der Waals surface area contributed by atoms with E-state index >= 15 is 0 Å². The summed E-state index contributed by atoms with van der Waals surface area (Å²) in [6, 6.07) is 3.09. The lowest BCUT2D eigenvalue weighted by Crippen LogP contribution is -2.45. The van der Waals surface area contributed by atoms with Crippen LogP contribution in [-0.4, -0.2) is 39.8 Å². The minimum atomic E-state index is -0.305. The molecule has 0 spiro atoms. The maximum Gasteiger partial charge on any atom is 0.254 e. The summed E-state index contributed by atoms with van der Waals surface area (Å²) in [4.78, 5) is 18.1. The Bertz CT molecular complexity index is 663. The molecule has 7 heteroatoms. The number of pyridine rings is 1. The molecule has 3 rings (SSSR count). The van der Waals surface area contributed by atoms with Crippen LogP contribution in [0.3, 0.4) is 0 Å². The number of aryl methyl sites for hydroxylation is 1. The second kappa shape index (κ2) is 6.13. The number of anilines is 1. The van der Waals surface area contributed by atoms with Gasteiger partial charge in [0.15, 0.2) is 11.6 Å². The smallest absolute Gasteiger partial charge is 0.254 e. The van der Waals surface area contributed by atoms with Crippen LogP contribution in [0.15, 0.2) is 30.7 Å². The fourth-order valence-corrected chi connectivity index (χ4v) is 2.65. The van der Waals surface area contributed by atoms with Crippen LogP contribution < -0.4 is 10.2 Å². The summed E-state index contributed by atoms with van der Waals surface area (Å²) in [6.07, 6.45) is 6.36. The van der Waals surface area contributed by atoms with Gasteiger partial charge in [0.2, 0.25) is 0 Å².